The van der Waals surface area contributed by atoms with E-state index in [2.05, 4.69) is 9.47 Å². The molecule has 0 saturated heterocycles. The van der Waals surface area contributed by atoms with Crippen molar-refractivity contribution in [2.24, 2.45) is 0 Å². The van der Waals surface area contributed by atoms with E-state index in [0.29, 0.717) is 9.80 Å². The molecule has 42 heavy (non-hydrogen) atoms. The first-order valence-electron chi connectivity index (χ1n) is 11.9. The van der Waals surface area contributed by atoms with E-state index in [1.54, 1.807) is 45.2 Å². The van der Waals surface area contributed by atoms with Crippen molar-refractivity contribution in [3.8, 4) is 0 Å². The van der Waals surface area contributed by atoms with Gasteiger partial charge in [0, 0.05) is 18.3 Å². The standard InChI is InChI=1S/C28H22F4I2N2O6/c1-13(27(39)41-3)35(23-19(29)9-17(33)10-20(23)30)25(37)15-5-7-16(8-6-15)26(38)36(14(2)28(40)42-4)24-21(31)11-18(34)12-22(24)32/h5-14H,1-4H3/t13-,14-/m1/s1. The van der Waals surface area contributed by atoms with Crippen molar-refractivity contribution < 1.29 is 46.2 Å². The minimum absolute atomic E-state index is 0.196. The Balaban J connectivity index is 2.08. The van der Waals surface area contributed by atoms with Gasteiger partial charge in [0.25, 0.3) is 11.8 Å². The summed E-state index contributed by atoms with van der Waals surface area (Å²) in [7, 11) is 2.09. The monoisotopic (exact) mass is 812 g/mol. The number of amides is 2. The number of anilines is 2. The second-order valence-corrected chi connectivity index (χ2v) is 11.3. The van der Waals surface area contributed by atoms with Gasteiger partial charge in [0.1, 0.15) is 23.5 Å². The Bertz CT molecular complexity index is 1390. The maximum absolute atomic E-state index is 14.9. The van der Waals surface area contributed by atoms with Crippen molar-refractivity contribution in [2.45, 2.75) is 25.9 Å². The molecule has 0 saturated carbocycles. The van der Waals surface area contributed by atoms with Crippen LogP contribution in [0.5, 0.6) is 0 Å². The topological polar surface area (TPSA) is 93.2 Å². The molecule has 0 radical (unpaired) electrons. The first-order chi connectivity index (χ1) is 19.7. The fraction of sp³-hybridized carbons (Fsp3) is 0.214. The number of benzene rings is 3. The molecule has 0 spiro atoms. The van der Waals surface area contributed by atoms with Gasteiger partial charge in [-0.05, 0) is 108 Å². The number of methoxy groups -OCH3 is 2. The molecule has 3 aromatic rings. The Morgan fingerprint density at radius 2 is 0.881 bits per heavy atom. The van der Waals surface area contributed by atoms with Crippen LogP contribution in [-0.4, -0.2) is 50.1 Å². The van der Waals surface area contributed by atoms with Crippen molar-refractivity contribution in [1.82, 2.24) is 0 Å². The van der Waals surface area contributed by atoms with Crippen molar-refractivity contribution in [1.29, 1.82) is 0 Å². The molecule has 0 aliphatic rings. The van der Waals surface area contributed by atoms with Gasteiger partial charge in [-0.3, -0.25) is 19.4 Å². The van der Waals surface area contributed by atoms with Crippen LogP contribution in [0.3, 0.4) is 0 Å². The molecule has 222 valence electrons. The molecular formula is C28H22F4I2N2O6. The van der Waals surface area contributed by atoms with Gasteiger partial charge in [-0.1, -0.05) is 0 Å². The first kappa shape index (κ1) is 33.2. The van der Waals surface area contributed by atoms with Crippen LogP contribution in [0.25, 0.3) is 0 Å². The molecule has 3 rings (SSSR count). The quantitative estimate of drug-likeness (QED) is 0.161. The Labute approximate surface area is 265 Å². The summed E-state index contributed by atoms with van der Waals surface area (Å²) < 4.78 is 69.4. The normalized spacial score (nSPS) is 12.2. The minimum Gasteiger partial charge on any atom is -0.467 e. The molecule has 0 aliphatic heterocycles. The van der Waals surface area contributed by atoms with Crippen LogP contribution in [0.2, 0.25) is 0 Å². The van der Waals surface area contributed by atoms with Gasteiger partial charge in [0.15, 0.2) is 23.3 Å². The Kier molecular flexibility index (Phi) is 10.9. The Morgan fingerprint density at radius 3 is 1.12 bits per heavy atom. The molecule has 3 aromatic carbocycles. The van der Waals surface area contributed by atoms with Crippen LogP contribution < -0.4 is 9.80 Å². The number of esters is 2. The van der Waals surface area contributed by atoms with Gasteiger partial charge in [0.2, 0.25) is 0 Å². The molecule has 0 aliphatic carbocycles. The Morgan fingerprint density at radius 1 is 0.619 bits per heavy atom. The number of hydrogen-bond donors (Lipinski definition) is 0. The zero-order chi connectivity index (χ0) is 31.5. The molecule has 0 unspecified atom stereocenters. The van der Waals surface area contributed by atoms with E-state index in [1.165, 1.54) is 13.8 Å². The summed E-state index contributed by atoms with van der Waals surface area (Å²) in [4.78, 5) is 52.8. The van der Waals surface area contributed by atoms with Crippen LogP contribution in [0.15, 0.2) is 48.5 Å². The van der Waals surface area contributed by atoms with Crippen LogP contribution >= 0.6 is 45.2 Å². The van der Waals surface area contributed by atoms with Gasteiger partial charge in [0.05, 0.1) is 14.2 Å². The average molecular weight is 812 g/mol. The van der Waals surface area contributed by atoms with Gasteiger partial charge in [-0.2, -0.15) is 0 Å². The Hall–Kier alpha value is -3.28. The summed E-state index contributed by atoms with van der Waals surface area (Å²) in [6.45, 7) is 2.43. The molecule has 0 fully saturated rings. The van der Waals surface area contributed by atoms with Gasteiger partial charge < -0.3 is 9.47 Å². The summed E-state index contributed by atoms with van der Waals surface area (Å²) in [5, 5.41) is 0. The van der Waals surface area contributed by atoms with E-state index in [9.17, 15) is 36.7 Å². The molecule has 0 aromatic heterocycles. The lowest BCUT2D eigenvalue weighted by Gasteiger charge is -2.29. The van der Waals surface area contributed by atoms with E-state index in [-0.39, 0.29) is 18.3 Å². The molecule has 0 N–H and O–H groups in total. The SMILES string of the molecule is COC(=O)[C@@H](C)N(C(=O)c1ccc(C(=O)N(c2c(F)cc(I)cc2F)[C@H](C)C(=O)OC)cc1)c1c(F)cc(I)cc1F. The number of nitrogens with zero attached hydrogens (tertiary/aromatic N) is 2. The maximum atomic E-state index is 14.9. The summed E-state index contributed by atoms with van der Waals surface area (Å²) in [5.74, 6) is -8.37. The van der Waals surface area contributed by atoms with E-state index in [4.69, 9.17) is 0 Å². The second-order valence-electron chi connectivity index (χ2n) is 8.76. The third kappa shape index (κ3) is 6.85. The molecule has 0 bridgehead atoms. The van der Waals surface area contributed by atoms with Gasteiger partial charge in [-0.25, -0.2) is 27.2 Å². The van der Waals surface area contributed by atoms with E-state index >= 15 is 0 Å². The van der Waals surface area contributed by atoms with Crippen molar-refractivity contribution in [3.63, 3.8) is 0 Å². The van der Waals surface area contributed by atoms with E-state index in [0.717, 1.165) is 62.8 Å². The molecule has 2 amide bonds. The fourth-order valence-electron chi connectivity index (χ4n) is 4.06. The number of ether oxygens (including phenoxy) is 2. The average Bonchev–Trinajstić information content (AvgIpc) is 2.94. The smallest absolute Gasteiger partial charge is 0.328 e. The predicted molar refractivity (Wildman–Crippen MR) is 161 cm³/mol. The van der Waals surface area contributed by atoms with Crippen LogP contribution in [0.4, 0.5) is 28.9 Å². The highest BCUT2D eigenvalue weighted by molar-refractivity contribution is 14.1. The minimum atomic E-state index is -1.46. The molecular weight excluding hydrogens is 790 g/mol. The largest absolute Gasteiger partial charge is 0.467 e. The van der Waals surface area contributed by atoms with Crippen molar-refractivity contribution >= 4 is 80.3 Å². The van der Waals surface area contributed by atoms with Crippen LogP contribution in [-0.2, 0) is 19.1 Å². The molecule has 2 atom stereocenters. The van der Waals surface area contributed by atoms with Crippen molar-refractivity contribution in [3.05, 3.63) is 90.1 Å². The van der Waals surface area contributed by atoms with Gasteiger partial charge in [-0.15, -0.1) is 0 Å². The summed E-state index contributed by atoms with van der Waals surface area (Å²) in [6.07, 6.45) is 0. The number of carbonyl (C=O) groups excluding carboxylic acids is 4. The van der Waals surface area contributed by atoms with Gasteiger partial charge >= 0.3 is 11.9 Å². The lowest BCUT2D eigenvalue weighted by Crippen LogP contribution is -2.45. The fourth-order valence-corrected chi connectivity index (χ4v) is 5.15. The zero-order valence-electron chi connectivity index (χ0n) is 22.4. The summed E-state index contributed by atoms with van der Waals surface area (Å²) in [6, 6.07) is 5.47. The molecule has 0 heterocycles. The van der Waals surface area contributed by atoms with Crippen LogP contribution in [0.1, 0.15) is 34.6 Å². The van der Waals surface area contributed by atoms with Crippen LogP contribution in [0, 0.1) is 30.4 Å². The summed E-state index contributed by atoms with van der Waals surface area (Å²) in [5.41, 5.74) is -1.97. The molecule has 14 heteroatoms. The van der Waals surface area contributed by atoms with E-state index in [1.807, 2.05) is 0 Å². The highest BCUT2D eigenvalue weighted by Gasteiger charge is 2.35. The molecule has 8 nitrogen and oxygen atoms in total. The highest BCUT2D eigenvalue weighted by atomic mass is 127. The lowest BCUT2D eigenvalue weighted by molar-refractivity contribution is -0.142. The number of rotatable bonds is 8. The number of halogens is 6. The zero-order valence-corrected chi connectivity index (χ0v) is 26.7. The second kappa shape index (κ2) is 13.8. The number of hydrogen-bond acceptors (Lipinski definition) is 6. The third-order valence-electron chi connectivity index (χ3n) is 6.12. The third-order valence-corrected chi connectivity index (χ3v) is 7.37. The first-order valence-corrected chi connectivity index (χ1v) is 14.1. The van der Waals surface area contributed by atoms with Crippen molar-refractivity contribution in [2.75, 3.05) is 24.0 Å². The number of carbonyl (C=O) groups is 4. The van der Waals surface area contributed by atoms with E-state index < -0.39 is 70.5 Å². The summed E-state index contributed by atoms with van der Waals surface area (Å²) >= 11 is 3.37. The predicted octanol–water partition coefficient (Wildman–Crippen LogP) is 5.87. The lowest BCUT2D eigenvalue weighted by atomic mass is 10.1. The highest BCUT2D eigenvalue weighted by Crippen LogP contribution is 2.31. The maximum Gasteiger partial charge on any atom is 0.328 e.